The van der Waals surface area contributed by atoms with E-state index >= 15 is 0 Å². The fraction of sp³-hybridized carbons (Fsp3) is 0.364. The summed E-state index contributed by atoms with van der Waals surface area (Å²) in [6.07, 6.45) is 0. The number of hydrogen-bond acceptors (Lipinski definition) is 8. The van der Waals surface area contributed by atoms with Crippen molar-refractivity contribution in [3.63, 3.8) is 0 Å². The summed E-state index contributed by atoms with van der Waals surface area (Å²) in [5.41, 5.74) is 0. The van der Waals surface area contributed by atoms with Crippen molar-refractivity contribution in [3.05, 3.63) is 39.7 Å². The Balaban J connectivity index is 1.95. The van der Waals surface area contributed by atoms with E-state index in [0.29, 0.717) is 5.82 Å². The number of hydrogen-bond donors (Lipinski definition) is 0. The Morgan fingerprint density at radius 3 is 2.80 bits per heavy atom. The second-order valence-electron chi connectivity index (χ2n) is 4.17. The molecule has 0 aliphatic carbocycles. The predicted molar refractivity (Wildman–Crippen MR) is 62.9 cm³/mol. The van der Waals surface area contributed by atoms with E-state index in [2.05, 4.69) is 10.1 Å². The molecule has 2 aromatic heterocycles. The normalized spacial score (nSPS) is 10.8. The summed E-state index contributed by atoms with van der Waals surface area (Å²) in [6, 6.07) is 2.23. The second-order valence-corrected chi connectivity index (χ2v) is 4.17. The van der Waals surface area contributed by atoms with E-state index in [1.807, 2.05) is 13.8 Å². The van der Waals surface area contributed by atoms with Crippen molar-refractivity contribution in [2.45, 2.75) is 26.4 Å². The first-order valence-corrected chi connectivity index (χ1v) is 5.71. The largest absolute Gasteiger partial charge is 0.450 e. The first-order valence-electron chi connectivity index (χ1n) is 5.71. The molecule has 0 aliphatic rings. The van der Waals surface area contributed by atoms with Gasteiger partial charge < -0.3 is 13.7 Å². The molecule has 0 saturated carbocycles. The van der Waals surface area contributed by atoms with Crippen molar-refractivity contribution in [1.29, 1.82) is 0 Å². The van der Waals surface area contributed by atoms with Gasteiger partial charge in [-0.25, -0.2) is 4.79 Å². The fourth-order valence-electron chi connectivity index (χ4n) is 1.30. The van der Waals surface area contributed by atoms with Crippen molar-refractivity contribution in [2.75, 3.05) is 0 Å². The van der Waals surface area contributed by atoms with Gasteiger partial charge in [0.1, 0.15) is 4.92 Å². The number of esters is 1. The van der Waals surface area contributed by atoms with E-state index < -0.39 is 16.8 Å². The van der Waals surface area contributed by atoms with E-state index in [-0.39, 0.29) is 24.2 Å². The first-order chi connectivity index (χ1) is 9.47. The minimum Gasteiger partial charge on any atom is -0.450 e. The number of nitrogens with zero attached hydrogens (tertiary/aromatic N) is 3. The van der Waals surface area contributed by atoms with Gasteiger partial charge in [-0.2, -0.15) is 4.98 Å². The van der Waals surface area contributed by atoms with Crippen LogP contribution in [0.5, 0.6) is 0 Å². The third kappa shape index (κ3) is 2.99. The van der Waals surface area contributed by atoms with Gasteiger partial charge >= 0.3 is 11.9 Å². The molecule has 2 heterocycles. The molecule has 20 heavy (non-hydrogen) atoms. The smallest absolute Gasteiger partial charge is 0.433 e. The van der Waals surface area contributed by atoms with Crippen LogP contribution in [0.25, 0.3) is 0 Å². The zero-order valence-corrected chi connectivity index (χ0v) is 10.7. The SMILES string of the molecule is CC(C)c1noc(COC(=O)c2ccc([N+](=O)[O-])o2)n1. The highest BCUT2D eigenvalue weighted by molar-refractivity contribution is 5.86. The van der Waals surface area contributed by atoms with Gasteiger partial charge in [-0.3, -0.25) is 10.1 Å². The molecule has 0 N–H and O–H groups in total. The Labute approximate surface area is 112 Å². The zero-order valence-electron chi connectivity index (χ0n) is 10.7. The molecule has 0 amide bonds. The van der Waals surface area contributed by atoms with Crippen LogP contribution in [-0.2, 0) is 11.3 Å². The van der Waals surface area contributed by atoms with Gasteiger partial charge in [-0.05, 0) is 6.07 Å². The molecule has 0 saturated heterocycles. The third-order valence-electron chi connectivity index (χ3n) is 2.30. The number of rotatable bonds is 5. The molecule has 0 unspecified atom stereocenters. The average molecular weight is 281 g/mol. The summed E-state index contributed by atoms with van der Waals surface area (Å²) < 4.78 is 14.4. The highest BCUT2D eigenvalue weighted by atomic mass is 16.7. The lowest BCUT2D eigenvalue weighted by Gasteiger charge is -1.97. The fourth-order valence-corrected chi connectivity index (χ4v) is 1.30. The van der Waals surface area contributed by atoms with Crippen LogP contribution in [-0.4, -0.2) is 21.0 Å². The number of furan rings is 1. The summed E-state index contributed by atoms with van der Waals surface area (Å²) in [4.78, 5) is 25.2. The van der Waals surface area contributed by atoms with Crippen LogP contribution in [0.3, 0.4) is 0 Å². The van der Waals surface area contributed by atoms with Gasteiger partial charge in [-0.15, -0.1) is 0 Å². The van der Waals surface area contributed by atoms with Crippen LogP contribution in [0.2, 0.25) is 0 Å². The number of aromatic nitrogens is 2. The topological polar surface area (TPSA) is 122 Å². The monoisotopic (exact) mass is 281 g/mol. The van der Waals surface area contributed by atoms with E-state index in [9.17, 15) is 14.9 Å². The number of carbonyl (C=O) groups excluding carboxylic acids is 1. The van der Waals surface area contributed by atoms with Crippen LogP contribution < -0.4 is 0 Å². The van der Waals surface area contributed by atoms with E-state index in [4.69, 9.17) is 13.7 Å². The van der Waals surface area contributed by atoms with Gasteiger partial charge in [0.15, 0.2) is 12.4 Å². The Morgan fingerprint density at radius 1 is 1.50 bits per heavy atom. The van der Waals surface area contributed by atoms with Crippen molar-refractivity contribution in [3.8, 4) is 0 Å². The molecule has 2 rings (SSSR count). The summed E-state index contributed by atoms with van der Waals surface area (Å²) >= 11 is 0. The van der Waals surface area contributed by atoms with Gasteiger partial charge in [-0.1, -0.05) is 19.0 Å². The lowest BCUT2D eigenvalue weighted by atomic mass is 10.2. The number of carbonyl (C=O) groups is 1. The third-order valence-corrected chi connectivity index (χ3v) is 2.30. The predicted octanol–water partition coefficient (Wildman–Crippen LogP) is 2.05. The maximum Gasteiger partial charge on any atom is 0.433 e. The Kier molecular flexibility index (Phi) is 3.78. The number of ether oxygens (including phenoxy) is 1. The van der Waals surface area contributed by atoms with Crippen LogP contribution in [0.1, 0.15) is 42.0 Å². The zero-order chi connectivity index (χ0) is 14.7. The lowest BCUT2D eigenvalue weighted by Crippen LogP contribution is -2.04. The molecule has 9 heteroatoms. The van der Waals surface area contributed by atoms with Crippen LogP contribution >= 0.6 is 0 Å². The first kappa shape index (κ1) is 13.7. The Morgan fingerprint density at radius 2 is 2.25 bits per heavy atom. The minimum atomic E-state index is -0.845. The number of nitro groups is 1. The van der Waals surface area contributed by atoms with Crippen molar-refractivity contribution in [1.82, 2.24) is 10.1 Å². The van der Waals surface area contributed by atoms with E-state index in [1.54, 1.807) is 0 Å². The van der Waals surface area contributed by atoms with Gasteiger partial charge in [0.2, 0.25) is 5.76 Å². The quantitative estimate of drug-likeness (QED) is 0.463. The molecule has 0 radical (unpaired) electrons. The van der Waals surface area contributed by atoms with Crippen molar-refractivity contribution in [2.24, 2.45) is 0 Å². The summed E-state index contributed by atoms with van der Waals surface area (Å²) in [7, 11) is 0. The van der Waals surface area contributed by atoms with E-state index in [1.165, 1.54) is 0 Å². The van der Waals surface area contributed by atoms with Crippen molar-refractivity contribution >= 4 is 11.9 Å². The van der Waals surface area contributed by atoms with Crippen LogP contribution in [0.4, 0.5) is 5.88 Å². The summed E-state index contributed by atoms with van der Waals surface area (Å²) in [5, 5.41) is 14.1. The van der Waals surface area contributed by atoms with Crippen molar-refractivity contribution < 1.29 is 23.4 Å². The Hall–Kier alpha value is -2.71. The molecule has 9 nitrogen and oxygen atoms in total. The molecule has 0 aromatic carbocycles. The molecule has 0 spiro atoms. The molecular weight excluding hydrogens is 270 g/mol. The lowest BCUT2D eigenvalue weighted by molar-refractivity contribution is -0.402. The van der Waals surface area contributed by atoms with E-state index in [0.717, 1.165) is 12.1 Å². The molecule has 0 fully saturated rings. The Bertz CT molecular complexity index is 630. The average Bonchev–Trinajstić information content (AvgIpc) is 3.05. The standard InChI is InChI=1S/C11H11N3O6/c1-6(2)10-12-8(20-13-10)5-18-11(15)7-3-4-9(19-7)14(16)17/h3-4,6H,5H2,1-2H3. The van der Waals surface area contributed by atoms with Crippen LogP contribution in [0.15, 0.2) is 21.1 Å². The highest BCUT2D eigenvalue weighted by Crippen LogP contribution is 2.17. The summed E-state index contributed by atoms with van der Waals surface area (Å²) in [5.74, 6) is -0.900. The van der Waals surface area contributed by atoms with Gasteiger partial charge in [0.25, 0.3) is 5.89 Å². The molecule has 106 valence electrons. The molecule has 2 aromatic rings. The maximum atomic E-state index is 11.6. The minimum absolute atomic E-state index is 0.0934. The van der Waals surface area contributed by atoms with Crippen LogP contribution in [0, 0.1) is 10.1 Å². The highest BCUT2D eigenvalue weighted by Gasteiger charge is 2.19. The maximum absolute atomic E-state index is 11.6. The molecular formula is C11H11N3O6. The van der Waals surface area contributed by atoms with Gasteiger partial charge in [0, 0.05) is 5.92 Å². The summed E-state index contributed by atoms with van der Waals surface area (Å²) in [6.45, 7) is 3.55. The molecule has 0 aliphatic heterocycles. The molecule has 0 bridgehead atoms. The second kappa shape index (κ2) is 5.51. The molecule has 0 atom stereocenters. The van der Waals surface area contributed by atoms with Gasteiger partial charge in [0.05, 0.1) is 6.07 Å².